The number of amides is 2. The van der Waals surface area contributed by atoms with Gasteiger partial charge in [-0.05, 0) is 31.3 Å². The first-order chi connectivity index (χ1) is 9.90. The van der Waals surface area contributed by atoms with Crippen LogP contribution in [-0.4, -0.2) is 47.8 Å². The van der Waals surface area contributed by atoms with E-state index in [0.717, 1.165) is 13.1 Å². The van der Waals surface area contributed by atoms with Crippen LogP contribution in [0.5, 0.6) is 0 Å². The van der Waals surface area contributed by atoms with Crippen LogP contribution < -0.4 is 5.73 Å². The molecule has 0 aliphatic heterocycles. The fourth-order valence-electron chi connectivity index (χ4n) is 2.00. The van der Waals surface area contributed by atoms with Gasteiger partial charge in [-0.15, -0.1) is 0 Å². The van der Waals surface area contributed by atoms with Gasteiger partial charge in [-0.1, -0.05) is 25.4 Å². The Morgan fingerprint density at radius 1 is 1.19 bits per heavy atom. The van der Waals surface area contributed by atoms with Crippen LogP contribution in [0.15, 0.2) is 18.2 Å². The van der Waals surface area contributed by atoms with Crippen molar-refractivity contribution in [2.24, 2.45) is 0 Å². The molecule has 0 saturated heterocycles. The Labute approximate surface area is 130 Å². The lowest BCUT2D eigenvalue weighted by molar-refractivity contribution is -0.126. The standard InChI is InChI=1S/C15H22ClN3O2/c1-4-18(5-2)8-9-19(11(3)20)15(21)12-6-7-14(17)13(16)10-12/h6-7,10H,4-5,8-9,17H2,1-3H3. The van der Waals surface area contributed by atoms with Crippen molar-refractivity contribution in [1.82, 2.24) is 9.80 Å². The van der Waals surface area contributed by atoms with Crippen molar-refractivity contribution in [3.63, 3.8) is 0 Å². The normalized spacial score (nSPS) is 10.7. The Kier molecular flexibility index (Phi) is 6.65. The van der Waals surface area contributed by atoms with Gasteiger partial charge >= 0.3 is 0 Å². The number of carbonyl (C=O) groups is 2. The Morgan fingerprint density at radius 2 is 1.81 bits per heavy atom. The van der Waals surface area contributed by atoms with Gasteiger partial charge in [-0.2, -0.15) is 0 Å². The second kappa shape index (κ2) is 8.00. The van der Waals surface area contributed by atoms with Gasteiger partial charge in [0.05, 0.1) is 10.7 Å². The molecule has 6 heteroatoms. The smallest absolute Gasteiger partial charge is 0.260 e. The van der Waals surface area contributed by atoms with Crippen molar-refractivity contribution in [2.45, 2.75) is 20.8 Å². The van der Waals surface area contributed by atoms with E-state index >= 15 is 0 Å². The third-order valence-corrected chi connectivity index (χ3v) is 3.73. The molecule has 1 aromatic carbocycles. The number of halogens is 1. The van der Waals surface area contributed by atoms with Crippen molar-refractivity contribution >= 4 is 29.1 Å². The first-order valence-corrected chi connectivity index (χ1v) is 7.38. The van der Waals surface area contributed by atoms with E-state index in [-0.39, 0.29) is 11.8 Å². The highest BCUT2D eigenvalue weighted by atomic mass is 35.5. The van der Waals surface area contributed by atoms with Crippen LogP contribution in [0.25, 0.3) is 0 Å². The Morgan fingerprint density at radius 3 is 2.29 bits per heavy atom. The van der Waals surface area contributed by atoms with Crippen molar-refractivity contribution < 1.29 is 9.59 Å². The maximum absolute atomic E-state index is 12.4. The highest BCUT2D eigenvalue weighted by Gasteiger charge is 2.20. The van der Waals surface area contributed by atoms with E-state index in [0.29, 0.717) is 29.4 Å². The molecule has 0 atom stereocenters. The predicted octanol–water partition coefficient (Wildman–Crippen LogP) is 2.25. The van der Waals surface area contributed by atoms with Crippen molar-refractivity contribution in [2.75, 3.05) is 31.9 Å². The maximum atomic E-state index is 12.4. The number of imide groups is 1. The fraction of sp³-hybridized carbons (Fsp3) is 0.467. The number of hydrogen-bond acceptors (Lipinski definition) is 4. The molecule has 1 rings (SSSR count). The molecule has 0 unspecified atom stereocenters. The zero-order chi connectivity index (χ0) is 16.0. The van der Waals surface area contributed by atoms with Gasteiger partial charge in [-0.25, -0.2) is 0 Å². The molecule has 0 saturated carbocycles. The lowest BCUT2D eigenvalue weighted by Crippen LogP contribution is -2.41. The zero-order valence-electron chi connectivity index (χ0n) is 12.7. The van der Waals surface area contributed by atoms with E-state index in [1.165, 1.54) is 17.9 Å². The summed E-state index contributed by atoms with van der Waals surface area (Å²) in [6, 6.07) is 4.64. The zero-order valence-corrected chi connectivity index (χ0v) is 13.5. The molecule has 0 aliphatic rings. The lowest BCUT2D eigenvalue weighted by atomic mass is 10.1. The van der Waals surface area contributed by atoms with Crippen LogP contribution in [0, 0.1) is 0 Å². The summed E-state index contributed by atoms with van der Waals surface area (Å²) in [6.45, 7) is 8.25. The number of carbonyl (C=O) groups excluding carboxylic acids is 2. The molecule has 1 aromatic rings. The number of rotatable bonds is 6. The molecular formula is C15H22ClN3O2. The summed E-state index contributed by atoms with van der Waals surface area (Å²) in [5.74, 6) is -0.628. The number of likely N-dealkylation sites (N-methyl/N-ethyl adjacent to an activating group) is 1. The Bertz CT molecular complexity index is 516. The number of anilines is 1. The molecule has 0 fully saturated rings. The highest BCUT2D eigenvalue weighted by Crippen LogP contribution is 2.20. The summed E-state index contributed by atoms with van der Waals surface area (Å²) in [6.07, 6.45) is 0. The average Bonchev–Trinajstić information content (AvgIpc) is 2.45. The average molecular weight is 312 g/mol. The molecule has 0 radical (unpaired) electrons. The van der Waals surface area contributed by atoms with Crippen LogP contribution in [0.4, 0.5) is 5.69 Å². The Hall–Kier alpha value is -1.59. The van der Waals surface area contributed by atoms with Gasteiger partial charge in [0.1, 0.15) is 0 Å². The quantitative estimate of drug-likeness (QED) is 0.818. The second-order valence-corrected chi connectivity index (χ2v) is 5.15. The molecule has 0 heterocycles. The van der Waals surface area contributed by atoms with Gasteiger partial charge < -0.3 is 10.6 Å². The number of benzene rings is 1. The van der Waals surface area contributed by atoms with E-state index in [1.807, 2.05) is 13.8 Å². The molecule has 0 aromatic heterocycles. The molecule has 0 bridgehead atoms. The van der Waals surface area contributed by atoms with Crippen molar-refractivity contribution in [3.05, 3.63) is 28.8 Å². The van der Waals surface area contributed by atoms with Crippen molar-refractivity contribution in [3.8, 4) is 0 Å². The minimum Gasteiger partial charge on any atom is -0.398 e. The van der Waals surface area contributed by atoms with Gasteiger partial charge in [0.15, 0.2) is 0 Å². The molecule has 2 amide bonds. The van der Waals surface area contributed by atoms with Gasteiger partial charge in [0.2, 0.25) is 5.91 Å². The van der Waals surface area contributed by atoms with E-state index < -0.39 is 0 Å². The molecule has 21 heavy (non-hydrogen) atoms. The first-order valence-electron chi connectivity index (χ1n) is 7.00. The predicted molar refractivity (Wildman–Crippen MR) is 85.4 cm³/mol. The monoisotopic (exact) mass is 311 g/mol. The SMILES string of the molecule is CCN(CC)CCN(C(C)=O)C(=O)c1ccc(N)c(Cl)c1. The summed E-state index contributed by atoms with van der Waals surface area (Å²) >= 11 is 5.93. The lowest BCUT2D eigenvalue weighted by Gasteiger charge is -2.24. The van der Waals surface area contributed by atoms with E-state index in [2.05, 4.69) is 4.90 Å². The molecular weight excluding hydrogens is 290 g/mol. The van der Waals surface area contributed by atoms with Gasteiger partial charge in [0, 0.05) is 25.6 Å². The van der Waals surface area contributed by atoms with Gasteiger partial charge in [0.25, 0.3) is 5.91 Å². The molecule has 116 valence electrons. The van der Waals surface area contributed by atoms with Crippen LogP contribution in [0.1, 0.15) is 31.1 Å². The van der Waals surface area contributed by atoms with Crippen LogP contribution in [0.2, 0.25) is 5.02 Å². The van der Waals surface area contributed by atoms with Crippen LogP contribution in [-0.2, 0) is 4.79 Å². The summed E-state index contributed by atoms with van der Waals surface area (Å²) in [5.41, 5.74) is 6.40. The Balaban J connectivity index is 2.87. The van der Waals surface area contributed by atoms with E-state index in [9.17, 15) is 9.59 Å². The highest BCUT2D eigenvalue weighted by molar-refractivity contribution is 6.33. The van der Waals surface area contributed by atoms with E-state index in [4.69, 9.17) is 17.3 Å². The summed E-state index contributed by atoms with van der Waals surface area (Å²) in [7, 11) is 0. The van der Waals surface area contributed by atoms with Crippen LogP contribution in [0.3, 0.4) is 0 Å². The van der Waals surface area contributed by atoms with E-state index in [1.54, 1.807) is 12.1 Å². The summed E-state index contributed by atoms with van der Waals surface area (Å²) in [5, 5.41) is 0.313. The molecule has 5 nitrogen and oxygen atoms in total. The third-order valence-electron chi connectivity index (χ3n) is 3.41. The maximum Gasteiger partial charge on any atom is 0.260 e. The number of hydrogen-bond donors (Lipinski definition) is 1. The number of nitrogen functional groups attached to an aromatic ring is 1. The minimum absolute atomic E-state index is 0.278. The fourth-order valence-corrected chi connectivity index (χ4v) is 2.18. The summed E-state index contributed by atoms with van der Waals surface area (Å²) < 4.78 is 0. The third kappa shape index (κ3) is 4.72. The number of nitrogens with two attached hydrogens (primary N) is 1. The molecule has 0 spiro atoms. The minimum atomic E-state index is -0.350. The topological polar surface area (TPSA) is 66.6 Å². The molecule has 0 aliphatic carbocycles. The van der Waals surface area contributed by atoms with Gasteiger partial charge in [-0.3, -0.25) is 14.5 Å². The number of nitrogens with zero attached hydrogens (tertiary/aromatic N) is 2. The van der Waals surface area contributed by atoms with Crippen molar-refractivity contribution in [1.29, 1.82) is 0 Å². The van der Waals surface area contributed by atoms with Crippen LogP contribution >= 0.6 is 11.6 Å². The second-order valence-electron chi connectivity index (χ2n) is 4.74. The largest absolute Gasteiger partial charge is 0.398 e. The first kappa shape index (κ1) is 17.5. The summed E-state index contributed by atoms with van der Waals surface area (Å²) in [4.78, 5) is 27.5. The molecule has 2 N–H and O–H groups in total.